The number of hydrogen-bond acceptors (Lipinski definition) is 7. The van der Waals surface area contributed by atoms with E-state index in [0.29, 0.717) is 12.8 Å². The summed E-state index contributed by atoms with van der Waals surface area (Å²) in [5.41, 5.74) is 0.771. The standard InChI is InChI=1S/C18H20O7/c1-23-15(19)10-11-16(20)24-12-6-5-9-17(21)25-18(22)13-14-7-3-2-4-8-14/h2-4,7-8,10-11H,5-6,9,12-13H2,1H3/b11-10+. The van der Waals surface area contributed by atoms with Gasteiger partial charge in [0.05, 0.1) is 20.1 Å². The Bertz CT molecular complexity index is 620. The Kier molecular flexibility index (Phi) is 9.28. The minimum absolute atomic E-state index is 0.0384. The highest BCUT2D eigenvalue weighted by Gasteiger charge is 2.11. The van der Waals surface area contributed by atoms with Crippen molar-refractivity contribution in [3.05, 3.63) is 48.0 Å². The first kappa shape index (κ1) is 20.1. The lowest BCUT2D eigenvalue weighted by atomic mass is 10.1. The Balaban J connectivity index is 2.12. The van der Waals surface area contributed by atoms with E-state index in [1.165, 1.54) is 7.11 Å². The van der Waals surface area contributed by atoms with Gasteiger partial charge in [0.1, 0.15) is 0 Å². The first-order valence-corrected chi connectivity index (χ1v) is 7.71. The molecular formula is C18H20O7. The lowest BCUT2D eigenvalue weighted by Crippen LogP contribution is -2.14. The summed E-state index contributed by atoms with van der Waals surface area (Å²) < 4.78 is 13.9. The second-order valence-electron chi connectivity index (χ2n) is 4.99. The molecule has 0 atom stereocenters. The molecule has 25 heavy (non-hydrogen) atoms. The molecule has 0 N–H and O–H groups in total. The van der Waals surface area contributed by atoms with Gasteiger partial charge in [-0.25, -0.2) is 9.59 Å². The zero-order valence-corrected chi connectivity index (χ0v) is 13.9. The Morgan fingerprint density at radius 1 is 0.920 bits per heavy atom. The van der Waals surface area contributed by atoms with Gasteiger partial charge in [0.25, 0.3) is 0 Å². The van der Waals surface area contributed by atoms with E-state index in [2.05, 4.69) is 4.74 Å². The van der Waals surface area contributed by atoms with Crippen LogP contribution in [-0.4, -0.2) is 37.6 Å². The molecule has 0 aliphatic carbocycles. The Morgan fingerprint density at radius 2 is 1.60 bits per heavy atom. The highest BCUT2D eigenvalue weighted by Crippen LogP contribution is 2.03. The monoisotopic (exact) mass is 348 g/mol. The molecule has 0 aromatic heterocycles. The molecule has 0 heterocycles. The number of carbonyl (C=O) groups is 4. The van der Waals surface area contributed by atoms with Crippen molar-refractivity contribution in [3.63, 3.8) is 0 Å². The molecule has 1 rings (SSSR count). The van der Waals surface area contributed by atoms with Gasteiger partial charge >= 0.3 is 23.9 Å². The molecule has 7 heteroatoms. The summed E-state index contributed by atoms with van der Waals surface area (Å²) in [5, 5.41) is 0. The van der Waals surface area contributed by atoms with E-state index in [0.717, 1.165) is 17.7 Å². The fourth-order valence-corrected chi connectivity index (χ4v) is 1.77. The molecule has 0 saturated carbocycles. The zero-order valence-electron chi connectivity index (χ0n) is 13.9. The summed E-state index contributed by atoms with van der Waals surface area (Å²) in [6.45, 7) is 0.0928. The summed E-state index contributed by atoms with van der Waals surface area (Å²) >= 11 is 0. The molecule has 0 unspecified atom stereocenters. The number of ether oxygens (including phenoxy) is 3. The number of rotatable bonds is 9. The smallest absolute Gasteiger partial charge is 0.331 e. The van der Waals surface area contributed by atoms with Crippen molar-refractivity contribution in [2.24, 2.45) is 0 Å². The summed E-state index contributed by atoms with van der Waals surface area (Å²) in [7, 11) is 1.20. The largest absolute Gasteiger partial charge is 0.466 e. The first-order valence-electron chi connectivity index (χ1n) is 7.71. The van der Waals surface area contributed by atoms with E-state index >= 15 is 0 Å². The lowest BCUT2D eigenvalue weighted by molar-refractivity contribution is -0.159. The van der Waals surface area contributed by atoms with Crippen LogP contribution < -0.4 is 0 Å². The third-order valence-corrected chi connectivity index (χ3v) is 3.00. The molecule has 0 aliphatic rings. The summed E-state index contributed by atoms with van der Waals surface area (Å²) in [5.74, 6) is -2.54. The fourth-order valence-electron chi connectivity index (χ4n) is 1.77. The average molecular weight is 348 g/mol. The van der Waals surface area contributed by atoms with Crippen molar-refractivity contribution < 1.29 is 33.4 Å². The molecule has 0 saturated heterocycles. The van der Waals surface area contributed by atoms with Gasteiger partial charge in [-0.2, -0.15) is 0 Å². The molecule has 0 spiro atoms. The van der Waals surface area contributed by atoms with Gasteiger partial charge < -0.3 is 14.2 Å². The Morgan fingerprint density at radius 3 is 2.28 bits per heavy atom. The minimum Gasteiger partial charge on any atom is -0.466 e. The van der Waals surface area contributed by atoms with Crippen molar-refractivity contribution in [2.45, 2.75) is 25.7 Å². The average Bonchev–Trinajstić information content (AvgIpc) is 2.60. The van der Waals surface area contributed by atoms with Crippen LogP contribution in [0.3, 0.4) is 0 Å². The summed E-state index contributed by atoms with van der Waals surface area (Å²) in [4.78, 5) is 45.1. The van der Waals surface area contributed by atoms with Gasteiger partial charge in [0.2, 0.25) is 0 Å². The molecule has 0 aliphatic heterocycles. The predicted molar refractivity (Wildman–Crippen MR) is 87.2 cm³/mol. The third kappa shape index (κ3) is 9.70. The summed E-state index contributed by atoms with van der Waals surface area (Å²) in [6.07, 6.45) is 2.85. The van der Waals surface area contributed by atoms with E-state index in [4.69, 9.17) is 9.47 Å². The van der Waals surface area contributed by atoms with Crippen molar-refractivity contribution >= 4 is 23.9 Å². The number of methoxy groups -OCH3 is 1. The van der Waals surface area contributed by atoms with Crippen LogP contribution in [0.4, 0.5) is 0 Å². The highest BCUT2D eigenvalue weighted by atomic mass is 16.6. The molecule has 7 nitrogen and oxygen atoms in total. The number of hydrogen-bond donors (Lipinski definition) is 0. The fraction of sp³-hybridized carbons (Fsp3) is 0.333. The van der Waals surface area contributed by atoms with Gasteiger partial charge in [0.15, 0.2) is 0 Å². The Hall–Kier alpha value is -2.96. The van der Waals surface area contributed by atoms with E-state index in [-0.39, 0.29) is 19.4 Å². The Labute approximate surface area is 145 Å². The van der Waals surface area contributed by atoms with Crippen LogP contribution in [0.2, 0.25) is 0 Å². The van der Waals surface area contributed by atoms with Gasteiger partial charge in [-0.15, -0.1) is 0 Å². The van der Waals surface area contributed by atoms with E-state index in [1.807, 2.05) is 6.07 Å². The van der Waals surface area contributed by atoms with Gasteiger partial charge in [-0.05, 0) is 18.4 Å². The maximum Gasteiger partial charge on any atom is 0.331 e. The molecule has 0 amide bonds. The molecule has 1 aromatic rings. The van der Waals surface area contributed by atoms with E-state index in [9.17, 15) is 19.2 Å². The normalized spacial score (nSPS) is 10.3. The van der Waals surface area contributed by atoms with E-state index in [1.54, 1.807) is 24.3 Å². The molecular weight excluding hydrogens is 328 g/mol. The van der Waals surface area contributed by atoms with Crippen molar-refractivity contribution in [2.75, 3.05) is 13.7 Å². The van der Waals surface area contributed by atoms with Crippen LogP contribution in [0.25, 0.3) is 0 Å². The molecule has 134 valence electrons. The van der Waals surface area contributed by atoms with Crippen LogP contribution in [0.15, 0.2) is 42.5 Å². The van der Waals surface area contributed by atoms with Gasteiger partial charge in [-0.3, -0.25) is 9.59 Å². The molecule has 1 aromatic carbocycles. The van der Waals surface area contributed by atoms with Crippen LogP contribution >= 0.6 is 0 Å². The van der Waals surface area contributed by atoms with Gasteiger partial charge in [-0.1, -0.05) is 30.3 Å². The number of carbonyl (C=O) groups excluding carboxylic acids is 4. The van der Waals surface area contributed by atoms with Crippen LogP contribution in [0.5, 0.6) is 0 Å². The van der Waals surface area contributed by atoms with Crippen LogP contribution in [-0.2, 0) is 39.8 Å². The van der Waals surface area contributed by atoms with Gasteiger partial charge in [0, 0.05) is 18.6 Å². The van der Waals surface area contributed by atoms with Crippen molar-refractivity contribution in [1.82, 2.24) is 0 Å². The molecule has 0 fully saturated rings. The lowest BCUT2D eigenvalue weighted by Gasteiger charge is -2.04. The summed E-state index contributed by atoms with van der Waals surface area (Å²) in [6, 6.07) is 8.97. The highest BCUT2D eigenvalue weighted by molar-refractivity contribution is 5.91. The van der Waals surface area contributed by atoms with Crippen LogP contribution in [0.1, 0.15) is 24.8 Å². The second-order valence-corrected chi connectivity index (χ2v) is 4.99. The number of benzene rings is 1. The topological polar surface area (TPSA) is 96.0 Å². The SMILES string of the molecule is COC(=O)/C=C/C(=O)OCCCCC(=O)OC(=O)Cc1ccccc1. The number of unbranched alkanes of at least 4 members (excludes halogenated alkanes) is 1. The first-order chi connectivity index (χ1) is 12.0. The quantitative estimate of drug-likeness (QED) is 0.220. The minimum atomic E-state index is -0.675. The van der Waals surface area contributed by atoms with Crippen molar-refractivity contribution in [1.29, 1.82) is 0 Å². The van der Waals surface area contributed by atoms with Crippen molar-refractivity contribution in [3.8, 4) is 0 Å². The zero-order chi connectivity index (χ0) is 18.5. The number of esters is 4. The van der Waals surface area contributed by atoms with Crippen LogP contribution in [0, 0.1) is 0 Å². The molecule has 0 bridgehead atoms. The predicted octanol–water partition coefficient (Wildman–Crippen LogP) is 1.74. The van der Waals surface area contributed by atoms with E-state index < -0.39 is 23.9 Å². The second kappa shape index (κ2) is 11.6. The maximum atomic E-state index is 11.6. The maximum absolute atomic E-state index is 11.6. The molecule has 0 radical (unpaired) electrons. The third-order valence-electron chi connectivity index (χ3n) is 3.00.